The van der Waals surface area contributed by atoms with Crippen LogP contribution in [-0.4, -0.2) is 32.0 Å². The average molecular weight is 326 g/mol. The number of rotatable bonds is 5. The third-order valence-corrected chi connectivity index (χ3v) is 4.66. The Labute approximate surface area is 142 Å². The molecular weight excluding hydrogens is 303 g/mol. The molecule has 1 saturated carbocycles. The molecule has 3 rings (SSSR count). The second-order valence-corrected chi connectivity index (χ2v) is 6.73. The second kappa shape index (κ2) is 6.63. The van der Waals surface area contributed by atoms with Crippen LogP contribution in [0.4, 0.5) is 10.1 Å². The standard InChI is InChI=1S/C20H23FN2O/c1-22(2)15-10-8-14(9-11-15)13-23(3)20(24)18-12-17(18)16-6-4-5-7-19(16)21/h4-11,17-18H,12-13H2,1-3H3. The van der Waals surface area contributed by atoms with Crippen molar-refractivity contribution < 1.29 is 9.18 Å². The number of hydrogen-bond acceptors (Lipinski definition) is 2. The Morgan fingerprint density at radius 2 is 1.75 bits per heavy atom. The number of anilines is 1. The van der Waals surface area contributed by atoms with E-state index in [4.69, 9.17) is 0 Å². The zero-order valence-corrected chi connectivity index (χ0v) is 14.4. The molecule has 4 heteroatoms. The van der Waals surface area contributed by atoms with Gasteiger partial charge in [-0.15, -0.1) is 0 Å². The van der Waals surface area contributed by atoms with Gasteiger partial charge in [-0.2, -0.15) is 0 Å². The van der Waals surface area contributed by atoms with E-state index in [9.17, 15) is 9.18 Å². The van der Waals surface area contributed by atoms with E-state index in [0.717, 1.165) is 17.7 Å². The van der Waals surface area contributed by atoms with Crippen molar-refractivity contribution >= 4 is 11.6 Å². The van der Waals surface area contributed by atoms with Crippen molar-refractivity contribution in [3.63, 3.8) is 0 Å². The van der Waals surface area contributed by atoms with E-state index < -0.39 is 0 Å². The zero-order valence-electron chi connectivity index (χ0n) is 14.4. The largest absolute Gasteiger partial charge is 0.378 e. The summed E-state index contributed by atoms with van der Waals surface area (Å²) in [4.78, 5) is 16.4. The smallest absolute Gasteiger partial charge is 0.226 e. The summed E-state index contributed by atoms with van der Waals surface area (Å²) in [5, 5.41) is 0. The number of halogens is 1. The summed E-state index contributed by atoms with van der Waals surface area (Å²) in [7, 11) is 5.82. The summed E-state index contributed by atoms with van der Waals surface area (Å²) < 4.78 is 13.8. The average Bonchev–Trinajstić information content (AvgIpc) is 3.35. The molecule has 24 heavy (non-hydrogen) atoms. The minimum Gasteiger partial charge on any atom is -0.378 e. The van der Waals surface area contributed by atoms with Gasteiger partial charge in [0, 0.05) is 39.3 Å². The monoisotopic (exact) mass is 326 g/mol. The predicted octanol–water partition coefficient (Wildman–Crippen LogP) is 3.65. The van der Waals surface area contributed by atoms with Crippen molar-refractivity contribution in [1.29, 1.82) is 0 Å². The van der Waals surface area contributed by atoms with E-state index >= 15 is 0 Å². The minimum absolute atomic E-state index is 0.0252. The Balaban J connectivity index is 1.61. The summed E-state index contributed by atoms with van der Waals surface area (Å²) in [6.45, 7) is 0.576. The lowest BCUT2D eigenvalue weighted by Crippen LogP contribution is -2.28. The van der Waals surface area contributed by atoms with Gasteiger partial charge in [0.15, 0.2) is 0 Å². The number of carbonyl (C=O) groups is 1. The van der Waals surface area contributed by atoms with Gasteiger partial charge in [0.05, 0.1) is 0 Å². The fourth-order valence-electron chi connectivity index (χ4n) is 3.12. The third kappa shape index (κ3) is 3.42. The Bertz CT molecular complexity index is 727. The lowest BCUT2D eigenvalue weighted by Gasteiger charge is -2.18. The van der Waals surface area contributed by atoms with Gasteiger partial charge in [-0.05, 0) is 41.7 Å². The van der Waals surface area contributed by atoms with Gasteiger partial charge in [-0.25, -0.2) is 4.39 Å². The van der Waals surface area contributed by atoms with Gasteiger partial charge in [0.25, 0.3) is 0 Å². The van der Waals surface area contributed by atoms with E-state index in [0.29, 0.717) is 12.1 Å². The molecule has 0 radical (unpaired) electrons. The molecule has 2 aromatic rings. The Morgan fingerprint density at radius 1 is 1.08 bits per heavy atom. The first-order valence-corrected chi connectivity index (χ1v) is 8.23. The van der Waals surface area contributed by atoms with Gasteiger partial charge in [0.2, 0.25) is 5.91 Å². The Kier molecular flexibility index (Phi) is 4.56. The first-order valence-electron chi connectivity index (χ1n) is 8.23. The molecule has 1 fully saturated rings. The summed E-state index contributed by atoms with van der Waals surface area (Å²) >= 11 is 0. The molecule has 0 saturated heterocycles. The fourth-order valence-corrected chi connectivity index (χ4v) is 3.12. The number of hydrogen-bond donors (Lipinski definition) is 0. The zero-order chi connectivity index (χ0) is 17.3. The third-order valence-electron chi connectivity index (χ3n) is 4.66. The van der Waals surface area contributed by atoms with Crippen molar-refractivity contribution in [1.82, 2.24) is 4.90 Å². The number of benzene rings is 2. The maximum Gasteiger partial charge on any atom is 0.226 e. The molecule has 2 atom stereocenters. The topological polar surface area (TPSA) is 23.6 Å². The van der Waals surface area contributed by atoms with Crippen LogP contribution in [-0.2, 0) is 11.3 Å². The van der Waals surface area contributed by atoms with E-state index in [1.54, 1.807) is 17.0 Å². The summed E-state index contributed by atoms with van der Waals surface area (Å²) in [5.74, 6) is -0.176. The maximum atomic E-state index is 13.8. The van der Waals surface area contributed by atoms with Crippen LogP contribution in [0.2, 0.25) is 0 Å². The lowest BCUT2D eigenvalue weighted by molar-refractivity contribution is -0.131. The quantitative estimate of drug-likeness (QED) is 0.837. The van der Waals surface area contributed by atoms with Crippen LogP contribution in [0.3, 0.4) is 0 Å². The highest BCUT2D eigenvalue weighted by atomic mass is 19.1. The first kappa shape index (κ1) is 16.5. The van der Waals surface area contributed by atoms with Gasteiger partial charge < -0.3 is 9.80 Å². The molecule has 126 valence electrons. The van der Waals surface area contributed by atoms with E-state index in [1.165, 1.54) is 6.07 Å². The molecule has 0 spiro atoms. The molecule has 3 nitrogen and oxygen atoms in total. The van der Waals surface area contributed by atoms with E-state index in [-0.39, 0.29) is 23.6 Å². The maximum absolute atomic E-state index is 13.8. The SMILES string of the molecule is CN(Cc1ccc(N(C)C)cc1)C(=O)C1CC1c1ccccc1F. The Morgan fingerprint density at radius 3 is 2.38 bits per heavy atom. The van der Waals surface area contributed by atoms with Crippen molar-refractivity contribution in [2.75, 3.05) is 26.0 Å². The molecule has 1 amide bonds. The number of amides is 1. The van der Waals surface area contributed by atoms with Crippen LogP contribution in [0.5, 0.6) is 0 Å². The summed E-state index contributed by atoms with van der Waals surface area (Å²) in [6, 6.07) is 14.9. The first-order chi connectivity index (χ1) is 11.5. The molecule has 1 aliphatic rings. The molecule has 0 aromatic heterocycles. The van der Waals surface area contributed by atoms with Crippen LogP contribution in [0.1, 0.15) is 23.5 Å². The predicted molar refractivity (Wildman–Crippen MR) is 94.5 cm³/mol. The molecule has 0 N–H and O–H groups in total. The molecular formula is C20H23FN2O. The van der Waals surface area contributed by atoms with Gasteiger partial charge in [-0.1, -0.05) is 30.3 Å². The normalized spacial score (nSPS) is 19.0. The molecule has 2 aromatic carbocycles. The molecule has 1 aliphatic carbocycles. The Hall–Kier alpha value is -2.36. The highest BCUT2D eigenvalue weighted by Gasteiger charge is 2.46. The summed E-state index contributed by atoms with van der Waals surface area (Å²) in [5.41, 5.74) is 2.90. The molecule has 0 heterocycles. The van der Waals surface area contributed by atoms with E-state index in [1.807, 2.05) is 56.4 Å². The van der Waals surface area contributed by atoms with Crippen LogP contribution in [0, 0.1) is 11.7 Å². The molecule has 0 bridgehead atoms. The van der Waals surface area contributed by atoms with E-state index in [2.05, 4.69) is 0 Å². The van der Waals surface area contributed by atoms with Gasteiger partial charge in [-0.3, -0.25) is 4.79 Å². The number of carbonyl (C=O) groups excluding carboxylic acids is 1. The second-order valence-electron chi connectivity index (χ2n) is 6.73. The van der Waals surface area contributed by atoms with Gasteiger partial charge in [0.1, 0.15) is 5.82 Å². The fraction of sp³-hybridized carbons (Fsp3) is 0.350. The van der Waals surface area contributed by atoms with Crippen molar-refractivity contribution in [2.45, 2.75) is 18.9 Å². The lowest BCUT2D eigenvalue weighted by atomic mass is 10.1. The molecule has 2 unspecified atom stereocenters. The van der Waals surface area contributed by atoms with Crippen molar-refractivity contribution in [3.05, 3.63) is 65.5 Å². The number of nitrogens with zero attached hydrogens (tertiary/aromatic N) is 2. The minimum atomic E-state index is -0.209. The van der Waals surface area contributed by atoms with Crippen molar-refractivity contribution in [2.24, 2.45) is 5.92 Å². The highest BCUT2D eigenvalue weighted by molar-refractivity contribution is 5.82. The van der Waals surface area contributed by atoms with Crippen LogP contribution < -0.4 is 4.90 Å². The molecule has 0 aliphatic heterocycles. The van der Waals surface area contributed by atoms with Crippen molar-refractivity contribution in [3.8, 4) is 0 Å². The van der Waals surface area contributed by atoms with Gasteiger partial charge >= 0.3 is 0 Å². The summed E-state index contributed by atoms with van der Waals surface area (Å²) in [6.07, 6.45) is 0.740. The highest BCUT2D eigenvalue weighted by Crippen LogP contribution is 2.49. The van der Waals surface area contributed by atoms with Crippen LogP contribution in [0.25, 0.3) is 0 Å². The van der Waals surface area contributed by atoms with Crippen LogP contribution in [0.15, 0.2) is 48.5 Å². The van der Waals surface area contributed by atoms with Crippen LogP contribution >= 0.6 is 0 Å².